The lowest BCUT2D eigenvalue weighted by atomic mass is 9.72. The van der Waals surface area contributed by atoms with E-state index < -0.39 is 0 Å². The van der Waals surface area contributed by atoms with E-state index in [1.165, 1.54) is 12.0 Å². The predicted octanol–water partition coefficient (Wildman–Crippen LogP) is 2.39. The molecule has 0 spiro atoms. The van der Waals surface area contributed by atoms with Gasteiger partial charge in [-0.05, 0) is 50.4 Å². The molecule has 1 unspecified atom stereocenters. The molecule has 1 aromatic rings. The molecular weight excluding hydrogens is 226 g/mol. The number of nitrogens with one attached hydrogen (secondary N) is 1. The number of methoxy groups -OCH3 is 2. The number of hydrogen-bond donors (Lipinski definition) is 1. The molecule has 18 heavy (non-hydrogen) atoms. The molecule has 1 aliphatic rings. The second kappa shape index (κ2) is 5.72. The van der Waals surface area contributed by atoms with Crippen molar-refractivity contribution in [3.8, 4) is 5.75 Å². The smallest absolute Gasteiger partial charge is 0.119 e. The third-order valence-electron chi connectivity index (χ3n) is 4.16. The Bertz CT molecular complexity index is 382. The van der Waals surface area contributed by atoms with E-state index in [9.17, 15) is 0 Å². The van der Waals surface area contributed by atoms with E-state index in [1.807, 2.05) is 26.3 Å². The van der Waals surface area contributed by atoms with Crippen molar-refractivity contribution in [3.05, 3.63) is 29.8 Å². The topological polar surface area (TPSA) is 30.5 Å². The van der Waals surface area contributed by atoms with Crippen LogP contribution in [0.1, 0.15) is 24.8 Å². The maximum atomic E-state index is 5.76. The van der Waals surface area contributed by atoms with Crippen molar-refractivity contribution in [3.63, 3.8) is 0 Å². The van der Waals surface area contributed by atoms with Gasteiger partial charge in [0.1, 0.15) is 5.75 Å². The highest BCUT2D eigenvalue weighted by molar-refractivity contribution is 5.29. The van der Waals surface area contributed by atoms with Crippen LogP contribution in [0.3, 0.4) is 0 Å². The van der Waals surface area contributed by atoms with E-state index in [2.05, 4.69) is 17.4 Å². The van der Waals surface area contributed by atoms with Crippen LogP contribution in [0.2, 0.25) is 0 Å². The molecule has 1 saturated carbocycles. The zero-order valence-corrected chi connectivity index (χ0v) is 11.5. The molecule has 0 saturated heterocycles. The van der Waals surface area contributed by atoms with Crippen LogP contribution in [-0.4, -0.2) is 32.9 Å². The molecule has 1 fully saturated rings. The Morgan fingerprint density at radius 2 is 2.11 bits per heavy atom. The van der Waals surface area contributed by atoms with Gasteiger partial charge in [0, 0.05) is 13.2 Å². The fourth-order valence-electron chi connectivity index (χ4n) is 2.81. The zero-order chi connectivity index (χ0) is 13.0. The van der Waals surface area contributed by atoms with Gasteiger partial charge < -0.3 is 14.8 Å². The molecular formula is C15H23NO2. The highest BCUT2D eigenvalue weighted by atomic mass is 16.5. The van der Waals surface area contributed by atoms with Crippen LogP contribution < -0.4 is 10.1 Å². The second-order valence-corrected chi connectivity index (χ2v) is 5.02. The molecule has 0 aromatic heterocycles. The van der Waals surface area contributed by atoms with Gasteiger partial charge in [0.05, 0.1) is 12.7 Å². The average Bonchev–Trinajstić information content (AvgIpc) is 2.37. The number of likely N-dealkylation sites (N-methyl/N-ethyl adjacent to an activating group) is 1. The van der Waals surface area contributed by atoms with Crippen LogP contribution in [-0.2, 0) is 11.2 Å². The van der Waals surface area contributed by atoms with Crippen molar-refractivity contribution in [1.29, 1.82) is 0 Å². The van der Waals surface area contributed by atoms with Crippen molar-refractivity contribution < 1.29 is 9.47 Å². The molecule has 1 atom stereocenters. The molecule has 3 nitrogen and oxygen atoms in total. The van der Waals surface area contributed by atoms with Gasteiger partial charge in [-0.2, -0.15) is 0 Å². The number of benzene rings is 1. The van der Waals surface area contributed by atoms with Gasteiger partial charge in [-0.15, -0.1) is 0 Å². The summed E-state index contributed by atoms with van der Waals surface area (Å²) in [6, 6.07) is 8.64. The summed E-state index contributed by atoms with van der Waals surface area (Å²) in [6.07, 6.45) is 4.55. The molecule has 1 aliphatic carbocycles. The quantitative estimate of drug-likeness (QED) is 0.839. The Balaban J connectivity index is 2.09. The monoisotopic (exact) mass is 249 g/mol. The highest BCUT2D eigenvalue weighted by Crippen LogP contribution is 2.39. The Hall–Kier alpha value is -1.06. The van der Waals surface area contributed by atoms with Crippen molar-refractivity contribution >= 4 is 0 Å². The summed E-state index contributed by atoms with van der Waals surface area (Å²) in [4.78, 5) is 0. The summed E-state index contributed by atoms with van der Waals surface area (Å²) in [5.41, 5.74) is 1.31. The Kier molecular flexibility index (Phi) is 4.25. The molecule has 2 rings (SSSR count). The maximum absolute atomic E-state index is 5.76. The zero-order valence-electron chi connectivity index (χ0n) is 11.5. The summed E-state index contributed by atoms with van der Waals surface area (Å²) in [5, 5.41) is 3.42. The standard InChI is InChI=1S/C15H23NO2/c1-16-14(15(18-3)8-5-9-15)11-12-6-4-7-13(10-12)17-2/h4,6-7,10,14,16H,5,8-9,11H2,1-3H3. The minimum Gasteiger partial charge on any atom is -0.497 e. The molecule has 1 N–H and O–H groups in total. The Morgan fingerprint density at radius 3 is 2.61 bits per heavy atom. The van der Waals surface area contributed by atoms with Gasteiger partial charge in [-0.1, -0.05) is 12.1 Å². The van der Waals surface area contributed by atoms with E-state index in [1.54, 1.807) is 7.11 Å². The number of rotatable bonds is 6. The Morgan fingerprint density at radius 1 is 1.33 bits per heavy atom. The lowest BCUT2D eigenvalue weighted by Gasteiger charge is -2.46. The van der Waals surface area contributed by atoms with Crippen LogP contribution in [0, 0.1) is 0 Å². The first-order valence-electron chi connectivity index (χ1n) is 6.59. The molecule has 3 heteroatoms. The van der Waals surface area contributed by atoms with Gasteiger partial charge in [0.2, 0.25) is 0 Å². The molecule has 0 heterocycles. The predicted molar refractivity (Wildman–Crippen MR) is 73.1 cm³/mol. The van der Waals surface area contributed by atoms with Crippen molar-refractivity contribution in [2.24, 2.45) is 0 Å². The molecule has 0 aliphatic heterocycles. The third-order valence-corrected chi connectivity index (χ3v) is 4.16. The van der Waals surface area contributed by atoms with Gasteiger partial charge >= 0.3 is 0 Å². The maximum Gasteiger partial charge on any atom is 0.119 e. The molecule has 100 valence electrons. The first-order chi connectivity index (χ1) is 8.74. The summed E-state index contributed by atoms with van der Waals surface area (Å²) in [5.74, 6) is 0.919. The lowest BCUT2D eigenvalue weighted by Crippen LogP contribution is -2.56. The van der Waals surface area contributed by atoms with Crippen LogP contribution in [0.15, 0.2) is 24.3 Å². The van der Waals surface area contributed by atoms with E-state index >= 15 is 0 Å². The third kappa shape index (κ3) is 2.52. The van der Waals surface area contributed by atoms with Gasteiger partial charge in [-0.25, -0.2) is 0 Å². The van der Waals surface area contributed by atoms with Crippen molar-refractivity contribution in [2.75, 3.05) is 21.3 Å². The Labute approximate surface area is 109 Å². The normalized spacial score (nSPS) is 19.1. The SMILES string of the molecule is CNC(Cc1cccc(OC)c1)C1(OC)CCC1. The number of ether oxygens (including phenoxy) is 2. The molecule has 0 bridgehead atoms. The van der Waals surface area contributed by atoms with Gasteiger partial charge in [0.15, 0.2) is 0 Å². The second-order valence-electron chi connectivity index (χ2n) is 5.02. The summed E-state index contributed by atoms with van der Waals surface area (Å²) in [7, 11) is 5.55. The molecule has 1 aromatic carbocycles. The minimum atomic E-state index is 0.0256. The van der Waals surface area contributed by atoms with E-state index in [-0.39, 0.29) is 5.60 Å². The molecule has 0 amide bonds. The van der Waals surface area contributed by atoms with Crippen LogP contribution >= 0.6 is 0 Å². The highest BCUT2D eigenvalue weighted by Gasteiger charge is 2.43. The fraction of sp³-hybridized carbons (Fsp3) is 0.600. The van der Waals surface area contributed by atoms with Crippen LogP contribution in [0.25, 0.3) is 0 Å². The first kappa shape index (κ1) is 13.4. The average molecular weight is 249 g/mol. The van der Waals surface area contributed by atoms with E-state index in [4.69, 9.17) is 9.47 Å². The van der Waals surface area contributed by atoms with Crippen molar-refractivity contribution in [1.82, 2.24) is 5.32 Å². The fourth-order valence-corrected chi connectivity index (χ4v) is 2.81. The van der Waals surface area contributed by atoms with E-state index in [0.29, 0.717) is 6.04 Å². The van der Waals surface area contributed by atoms with E-state index in [0.717, 1.165) is 25.0 Å². The lowest BCUT2D eigenvalue weighted by molar-refractivity contribution is -0.0966. The van der Waals surface area contributed by atoms with Crippen molar-refractivity contribution in [2.45, 2.75) is 37.3 Å². The van der Waals surface area contributed by atoms with Gasteiger partial charge in [0.25, 0.3) is 0 Å². The van der Waals surface area contributed by atoms with Crippen LogP contribution in [0.5, 0.6) is 5.75 Å². The summed E-state index contributed by atoms with van der Waals surface area (Å²) in [6.45, 7) is 0. The van der Waals surface area contributed by atoms with Gasteiger partial charge in [-0.3, -0.25) is 0 Å². The number of hydrogen-bond acceptors (Lipinski definition) is 3. The summed E-state index contributed by atoms with van der Waals surface area (Å²) < 4.78 is 11.0. The molecule has 0 radical (unpaired) electrons. The summed E-state index contributed by atoms with van der Waals surface area (Å²) >= 11 is 0. The minimum absolute atomic E-state index is 0.0256. The largest absolute Gasteiger partial charge is 0.497 e. The first-order valence-corrected chi connectivity index (χ1v) is 6.59. The van der Waals surface area contributed by atoms with Crippen LogP contribution in [0.4, 0.5) is 0 Å².